The molecule has 4 rings (SSSR count). The van der Waals surface area contributed by atoms with Crippen molar-refractivity contribution >= 4 is 6.09 Å². The molecule has 0 saturated carbocycles. The zero-order chi connectivity index (χ0) is 24.3. The molecular weight excluding hydrogens is 427 g/mol. The molecule has 0 N–H and O–H groups in total. The molecule has 3 aromatic carbocycles. The second-order valence-electron chi connectivity index (χ2n) is 9.65. The molecule has 1 fully saturated rings. The van der Waals surface area contributed by atoms with Crippen LogP contribution in [-0.4, -0.2) is 17.5 Å². The van der Waals surface area contributed by atoms with Gasteiger partial charge in [-0.25, -0.2) is 9.18 Å². The second-order valence-corrected chi connectivity index (χ2v) is 9.65. The molecule has 1 heterocycles. The maximum atomic E-state index is 13.3. The lowest BCUT2D eigenvalue weighted by Crippen LogP contribution is -2.50. The monoisotopic (exact) mass is 456 g/mol. The molecular formula is C29H29FN2O2. The van der Waals surface area contributed by atoms with E-state index in [9.17, 15) is 14.4 Å². The number of carbonyl (C=O) groups is 1. The molecule has 1 aliphatic rings. The number of ether oxygens (including phenoxy) is 1. The van der Waals surface area contributed by atoms with Crippen molar-refractivity contribution in [2.45, 2.75) is 45.3 Å². The third-order valence-electron chi connectivity index (χ3n) is 6.64. The number of amides is 1. The van der Waals surface area contributed by atoms with E-state index in [1.54, 1.807) is 17.0 Å². The molecule has 0 aliphatic carbocycles. The summed E-state index contributed by atoms with van der Waals surface area (Å²) in [5.74, 6) is -0.262. The van der Waals surface area contributed by atoms with Crippen molar-refractivity contribution in [3.8, 4) is 17.2 Å². The number of benzene rings is 3. The molecule has 3 aromatic rings. The molecule has 1 aliphatic heterocycles. The Morgan fingerprint density at radius 3 is 2.18 bits per heavy atom. The molecule has 0 aromatic heterocycles. The van der Waals surface area contributed by atoms with Crippen molar-refractivity contribution < 1.29 is 13.9 Å². The first-order valence-corrected chi connectivity index (χ1v) is 11.6. The molecule has 34 heavy (non-hydrogen) atoms. The highest BCUT2D eigenvalue weighted by molar-refractivity contribution is 5.70. The van der Waals surface area contributed by atoms with E-state index >= 15 is 0 Å². The van der Waals surface area contributed by atoms with Gasteiger partial charge in [0.05, 0.1) is 17.5 Å². The van der Waals surface area contributed by atoms with Gasteiger partial charge in [0.2, 0.25) is 0 Å². The van der Waals surface area contributed by atoms with E-state index < -0.39 is 11.0 Å². The molecule has 0 spiro atoms. The van der Waals surface area contributed by atoms with E-state index in [4.69, 9.17) is 4.74 Å². The molecule has 174 valence electrons. The predicted molar refractivity (Wildman–Crippen MR) is 130 cm³/mol. The molecule has 4 nitrogen and oxygen atoms in total. The van der Waals surface area contributed by atoms with Crippen LogP contribution in [0.4, 0.5) is 9.18 Å². The van der Waals surface area contributed by atoms with Gasteiger partial charge in [0.25, 0.3) is 0 Å². The number of nitrogens with zero attached hydrogens (tertiary/aromatic N) is 2. The minimum Gasteiger partial charge on any atom is -0.438 e. The third-order valence-corrected chi connectivity index (χ3v) is 6.64. The van der Waals surface area contributed by atoms with Crippen molar-refractivity contribution in [3.63, 3.8) is 0 Å². The van der Waals surface area contributed by atoms with Gasteiger partial charge in [-0.1, -0.05) is 66.7 Å². The normalized spacial score (nSPS) is 19.3. The van der Waals surface area contributed by atoms with Crippen LogP contribution in [0.2, 0.25) is 0 Å². The average molecular weight is 457 g/mol. The standard InChI is InChI=1S/C29H29FN2O2/c1-21(22-9-11-23(12-10-22)24-13-15-26(30)16-14-24)32-18-17-29(34-27(32)33,19-28(2,3)20-31)25-7-5-4-6-8-25/h4-16,21H,17-19H2,1-3H3/t21-,29?/m0/s1. The minimum atomic E-state index is -0.833. The summed E-state index contributed by atoms with van der Waals surface area (Å²) in [7, 11) is 0. The summed E-state index contributed by atoms with van der Waals surface area (Å²) in [4.78, 5) is 15.0. The highest BCUT2D eigenvalue weighted by Crippen LogP contribution is 2.44. The first-order chi connectivity index (χ1) is 16.2. The Morgan fingerprint density at radius 2 is 1.62 bits per heavy atom. The number of hydrogen-bond donors (Lipinski definition) is 0. The lowest BCUT2D eigenvalue weighted by Gasteiger charge is -2.45. The van der Waals surface area contributed by atoms with Gasteiger partial charge in [-0.2, -0.15) is 5.26 Å². The molecule has 1 unspecified atom stereocenters. The van der Waals surface area contributed by atoms with E-state index in [0.29, 0.717) is 19.4 Å². The molecule has 0 bridgehead atoms. The maximum Gasteiger partial charge on any atom is 0.411 e. The number of nitriles is 1. The zero-order valence-corrected chi connectivity index (χ0v) is 19.8. The Morgan fingerprint density at radius 1 is 1.03 bits per heavy atom. The van der Waals surface area contributed by atoms with Crippen LogP contribution < -0.4 is 0 Å². The highest BCUT2D eigenvalue weighted by atomic mass is 19.1. The maximum absolute atomic E-state index is 13.3. The fourth-order valence-electron chi connectivity index (χ4n) is 4.72. The number of carbonyl (C=O) groups excluding carboxylic acids is 1. The smallest absolute Gasteiger partial charge is 0.411 e. The van der Waals surface area contributed by atoms with E-state index in [0.717, 1.165) is 22.3 Å². The van der Waals surface area contributed by atoms with Crippen molar-refractivity contribution in [1.82, 2.24) is 4.90 Å². The van der Waals surface area contributed by atoms with E-state index in [1.807, 2.05) is 75.4 Å². The van der Waals surface area contributed by atoms with Crippen molar-refractivity contribution in [3.05, 3.63) is 95.8 Å². The van der Waals surface area contributed by atoms with Gasteiger partial charge < -0.3 is 9.64 Å². The van der Waals surface area contributed by atoms with Gasteiger partial charge in [0.1, 0.15) is 11.4 Å². The fraction of sp³-hybridized carbons (Fsp3) is 0.310. The number of rotatable bonds is 6. The topological polar surface area (TPSA) is 53.3 Å². The third kappa shape index (κ3) is 4.82. The first kappa shape index (κ1) is 23.5. The molecule has 1 amide bonds. The van der Waals surface area contributed by atoms with Crippen LogP contribution >= 0.6 is 0 Å². The highest BCUT2D eigenvalue weighted by Gasteiger charge is 2.46. The number of halogens is 1. The van der Waals surface area contributed by atoms with Crippen LogP contribution in [0.1, 0.15) is 50.8 Å². The van der Waals surface area contributed by atoms with E-state index in [1.165, 1.54) is 12.1 Å². The summed E-state index contributed by atoms with van der Waals surface area (Å²) in [5, 5.41) is 9.64. The summed E-state index contributed by atoms with van der Waals surface area (Å²) >= 11 is 0. The zero-order valence-electron chi connectivity index (χ0n) is 19.8. The van der Waals surface area contributed by atoms with Crippen molar-refractivity contribution in [2.24, 2.45) is 5.41 Å². The Hall–Kier alpha value is -3.65. The van der Waals surface area contributed by atoms with Crippen LogP contribution in [0.15, 0.2) is 78.9 Å². The summed E-state index contributed by atoms with van der Waals surface area (Å²) in [6, 6.07) is 26.3. The number of hydrogen-bond acceptors (Lipinski definition) is 3. The van der Waals surface area contributed by atoms with Crippen LogP contribution in [0.3, 0.4) is 0 Å². The molecule has 2 atom stereocenters. The Labute approximate surface area is 200 Å². The lowest BCUT2D eigenvalue weighted by molar-refractivity contribution is -0.0770. The van der Waals surface area contributed by atoms with Gasteiger partial charge in [0, 0.05) is 19.4 Å². The molecule has 5 heteroatoms. The van der Waals surface area contributed by atoms with Gasteiger partial charge in [-0.15, -0.1) is 0 Å². The van der Waals surface area contributed by atoms with E-state index in [2.05, 4.69) is 6.07 Å². The summed E-state index contributed by atoms with van der Waals surface area (Å²) in [6.07, 6.45) is 0.658. The minimum absolute atomic E-state index is 0.174. The Bertz CT molecular complexity index is 1180. The Kier molecular flexibility index (Phi) is 6.43. The SMILES string of the molecule is C[C@@H](c1ccc(-c2ccc(F)cc2)cc1)N1CCC(CC(C)(C)C#N)(c2ccccc2)OC1=O. The molecule has 1 saturated heterocycles. The summed E-state index contributed by atoms with van der Waals surface area (Å²) in [5.41, 5.74) is 2.36. The van der Waals surface area contributed by atoms with Gasteiger partial charge in [-0.05, 0) is 55.2 Å². The second kappa shape index (κ2) is 9.30. The number of cyclic esters (lactones) is 1. The first-order valence-electron chi connectivity index (χ1n) is 11.6. The van der Waals surface area contributed by atoms with Gasteiger partial charge in [-0.3, -0.25) is 0 Å². The Balaban J connectivity index is 1.54. The van der Waals surface area contributed by atoms with Gasteiger partial charge in [0.15, 0.2) is 0 Å². The van der Waals surface area contributed by atoms with Crippen LogP contribution in [-0.2, 0) is 10.3 Å². The summed E-state index contributed by atoms with van der Waals surface area (Å²) in [6.45, 7) is 6.27. The fourth-order valence-corrected chi connectivity index (χ4v) is 4.72. The van der Waals surface area contributed by atoms with E-state index in [-0.39, 0.29) is 18.0 Å². The summed E-state index contributed by atoms with van der Waals surface area (Å²) < 4.78 is 19.4. The molecule has 0 radical (unpaired) electrons. The van der Waals surface area contributed by atoms with Crippen LogP contribution in [0, 0.1) is 22.6 Å². The van der Waals surface area contributed by atoms with Crippen LogP contribution in [0.5, 0.6) is 0 Å². The van der Waals surface area contributed by atoms with Crippen molar-refractivity contribution in [1.29, 1.82) is 5.26 Å². The van der Waals surface area contributed by atoms with Crippen molar-refractivity contribution in [2.75, 3.05) is 6.54 Å². The lowest BCUT2D eigenvalue weighted by atomic mass is 9.75. The van der Waals surface area contributed by atoms with Gasteiger partial charge >= 0.3 is 6.09 Å². The largest absolute Gasteiger partial charge is 0.438 e. The predicted octanol–water partition coefficient (Wildman–Crippen LogP) is 7.23. The average Bonchev–Trinajstić information content (AvgIpc) is 2.85. The quantitative estimate of drug-likeness (QED) is 0.393. The van der Waals surface area contributed by atoms with Crippen LogP contribution in [0.25, 0.3) is 11.1 Å².